The number of phenols is 1. The van der Waals surface area contributed by atoms with Gasteiger partial charge in [0.1, 0.15) is 17.1 Å². The van der Waals surface area contributed by atoms with Crippen molar-refractivity contribution in [1.29, 1.82) is 0 Å². The Hall–Kier alpha value is -2.80. The molecule has 7 nitrogen and oxygen atoms in total. The average Bonchev–Trinajstić information content (AvgIpc) is 2.46. The van der Waals surface area contributed by atoms with Crippen LogP contribution in [0.4, 0.5) is 17.1 Å². The molecule has 0 aromatic heterocycles. The molecule has 0 radical (unpaired) electrons. The number of halogens is 1. The van der Waals surface area contributed by atoms with Crippen molar-refractivity contribution in [2.24, 2.45) is 10.2 Å². The van der Waals surface area contributed by atoms with Crippen molar-refractivity contribution in [2.45, 2.75) is 6.92 Å². The van der Waals surface area contributed by atoms with Crippen LogP contribution in [0.15, 0.2) is 46.6 Å². The monoisotopic (exact) mass is 319 g/mol. The first kappa shape index (κ1) is 15.6. The number of hydrogen-bond acceptors (Lipinski definition) is 6. The number of Topliss-reactive ketones (excluding diaryl/α,β-unsaturated/α-hetero) is 1. The van der Waals surface area contributed by atoms with Gasteiger partial charge < -0.3 is 5.11 Å². The molecule has 0 bridgehead atoms. The highest BCUT2D eigenvalue weighted by molar-refractivity contribution is 6.33. The minimum atomic E-state index is -0.570. The van der Waals surface area contributed by atoms with E-state index < -0.39 is 4.92 Å². The van der Waals surface area contributed by atoms with Gasteiger partial charge in [-0.05, 0) is 31.2 Å². The van der Waals surface area contributed by atoms with E-state index in [-0.39, 0.29) is 33.6 Å². The summed E-state index contributed by atoms with van der Waals surface area (Å²) in [6, 6.07) is 8.00. The zero-order valence-electron chi connectivity index (χ0n) is 11.4. The lowest BCUT2D eigenvalue weighted by atomic mass is 10.1. The molecule has 2 rings (SSSR count). The van der Waals surface area contributed by atoms with Crippen LogP contribution in [0.5, 0.6) is 5.75 Å². The summed E-state index contributed by atoms with van der Waals surface area (Å²) in [5.41, 5.74) is 0.573. The third-order valence-electron chi connectivity index (χ3n) is 2.79. The van der Waals surface area contributed by atoms with E-state index in [9.17, 15) is 20.0 Å². The minimum Gasteiger partial charge on any atom is -0.506 e. The van der Waals surface area contributed by atoms with Gasteiger partial charge in [0.15, 0.2) is 5.78 Å². The Balaban J connectivity index is 2.29. The molecule has 0 amide bonds. The van der Waals surface area contributed by atoms with Gasteiger partial charge in [0, 0.05) is 17.7 Å². The molecule has 0 atom stereocenters. The fourth-order valence-electron chi connectivity index (χ4n) is 1.63. The zero-order chi connectivity index (χ0) is 16.3. The Bertz CT molecular complexity index is 724. The van der Waals surface area contributed by atoms with Crippen LogP contribution in [0.25, 0.3) is 0 Å². The zero-order valence-corrected chi connectivity index (χ0v) is 12.1. The van der Waals surface area contributed by atoms with Crippen LogP contribution in [0.1, 0.15) is 17.3 Å². The first-order chi connectivity index (χ1) is 10.4. The number of benzene rings is 2. The first-order valence-corrected chi connectivity index (χ1v) is 6.46. The number of carbonyl (C=O) groups is 1. The summed E-state index contributed by atoms with van der Waals surface area (Å²) < 4.78 is 0. The highest BCUT2D eigenvalue weighted by Gasteiger charge is 2.09. The number of ketones is 1. The Morgan fingerprint density at radius 3 is 2.36 bits per heavy atom. The molecule has 2 aromatic rings. The maximum Gasteiger partial charge on any atom is 0.271 e. The summed E-state index contributed by atoms with van der Waals surface area (Å²) in [4.78, 5) is 21.2. The summed E-state index contributed by atoms with van der Waals surface area (Å²) in [7, 11) is 0. The topological polar surface area (TPSA) is 105 Å². The third-order valence-corrected chi connectivity index (χ3v) is 3.09. The Morgan fingerprint density at radius 1 is 1.18 bits per heavy atom. The summed E-state index contributed by atoms with van der Waals surface area (Å²) in [5, 5.41) is 28.1. The van der Waals surface area contributed by atoms with Gasteiger partial charge in [0.25, 0.3) is 5.69 Å². The molecule has 0 spiro atoms. The number of rotatable bonds is 4. The lowest BCUT2D eigenvalue weighted by molar-refractivity contribution is -0.384. The first-order valence-electron chi connectivity index (χ1n) is 6.08. The average molecular weight is 320 g/mol. The van der Waals surface area contributed by atoms with Crippen LogP contribution in [0, 0.1) is 10.1 Å². The second-order valence-electron chi connectivity index (χ2n) is 4.35. The van der Waals surface area contributed by atoms with Crippen LogP contribution >= 0.6 is 11.6 Å². The summed E-state index contributed by atoms with van der Waals surface area (Å²) in [6.45, 7) is 1.38. The van der Waals surface area contributed by atoms with Crippen LogP contribution in [0.2, 0.25) is 5.02 Å². The molecule has 0 fully saturated rings. The molecule has 0 unspecified atom stereocenters. The SMILES string of the molecule is CC(=O)c1ccc(N=Nc2ccc([N+](=O)[O-])cc2Cl)c(O)c1. The van der Waals surface area contributed by atoms with Crippen molar-refractivity contribution in [3.8, 4) is 5.75 Å². The number of phenolic OH excluding ortho intramolecular Hbond substituents is 1. The van der Waals surface area contributed by atoms with Gasteiger partial charge >= 0.3 is 0 Å². The van der Waals surface area contributed by atoms with Crippen molar-refractivity contribution in [3.05, 3.63) is 57.1 Å². The highest BCUT2D eigenvalue weighted by Crippen LogP contribution is 2.33. The molecule has 0 aliphatic carbocycles. The van der Waals surface area contributed by atoms with Crippen LogP contribution < -0.4 is 0 Å². The summed E-state index contributed by atoms with van der Waals surface area (Å²) >= 11 is 5.88. The molecule has 2 aromatic carbocycles. The van der Waals surface area contributed by atoms with Crippen molar-refractivity contribution < 1.29 is 14.8 Å². The van der Waals surface area contributed by atoms with E-state index in [0.29, 0.717) is 5.56 Å². The van der Waals surface area contributed by atoms with E-state index in [2.05, 4.69) is 10.2 Å². The highest BCUT2D eigenvalue weighted by atomic mass is 35.5. The number of non-ortho nitro benzene ring substituents is 1. The van der Waals surface area contributed by atoms with Crippen LogP contribution in [0.3, 0.4) is 0 Å². The normalized spacial score (nSPS) is 10.8. The van der Waals surface area contributed by atoms with Gasteiger partial charge in [-0.25, -0.2) is 0 Å². The van der Waals surface area contributed by atoms with E-state index in [4.69, 9.17) is 11.6 Å². The molecule has 8 heteroatoms. The predicted molar refractivity (Wildman–Crippen MR) is 80.4 cm³/mol. The minimum absolute atomic E-state index is 0.0674. The maximum atomic E-state index is 11.2. The fourth-order valence-corrected chi connectivity index (χ4v) is 1.84. The Kier molecular flexibility index (Phi) is 4.47. The molecule has 0 saturated heterocycles. The van der Waals surface area contributed by atoms with Crippen LogP contribution in [-0.2, 0) is 0 Å². The van der Waals surface area contributed by atoms with E-state index in [0.717, 1.165) is 6.07 Å². The predicted octanol–water partition coefficient (Wildman–Crippen LogP) is 4.57. The lowest BCUT2D eigenvalue weighted by Crippen LogP contribution is -1.90. The molecular formula is C14H10ClN3O4. The van der Waals surface area contributed by atoms with Crippen molar-refractivity contribution >= 4 is 34.4 Å². The molecule has 0 saturated carbocycles. The molecular weight excluding hydrogens is 310 g/mol. The lowest BCUT2D eigenvalue weighted by Gasteiger charge is -2.01. The molecule has 0 heterocycles. The quantitative estimate of drug-likeness (QED) is 0.385. The maximum absolute atomic E-state index is 11.2. The number of nitro groups is 1. The fraction of sp³-hybridized carbons (Fsp3) is 0.0714. The van der Waals surface area contributed by atoms with Gasteiger partial charge in [-0.3, -0.25) is 14.9 Å². The number of hydrogen-bond donors (Lipinski definition) is 1. The number of aromatic hydroxyl groups is 1. The number of nitrogens with zero attached hydrogens (tertiary/aromatic N) is 3. The second-order valence-corrected chi connectivity index (χ2v) is 4.76. The van der Waals surface area contributed by atoms with Gasteiger partial charge in [0.2, 0.25) is 0 Å². The van der Waals surface area contributed by atoms with E-state index in [1.54, 1.807) is 0 Å². The Labute approximate surface area is 130 Å². The smallest absolute Gasteiger partial charge is 0.271 e. The van der Waals surface area contributed by atoms with Crippen molar-refractivity contribution in [1.82, 2.24) is 0 Å². The largest absolute Gasteiger partial charge is 0.506 e. The standard InChI is InChI=1S/C14H10ClN3O4/c1-8(19)9-2-4-13(14(20)6-9)17-16-12-5-3-10(18(21)22)7-11(12)15/h2-7,20H,1H3. The van der Waals surface area contributed by atoms with Crippen molar-refractivity contribution in [2.75, 3.05) is 0 Å². The molecule has 22 heavy (non-hydrogen) atoms. The summed E-state index contributed by atoms with van der Waals surface area (Å²) in [6.07, 6.45) is 0. The molecule has 0 aliphatic heterocycles. The number of carbonyl (C=O) groups excluding carboxylic acids is 1. The van der Waals surface area contributed by atoms with Crippen LogP contribution in [-0.4, -0.2) is 15.8 Å². The number of azo groups is 1. The van der Waals surface area contributed by atoms with Gasteiger partial charge in [-0.2, -0.15) is 0 Å². The van der Waals surface area contributed by atoms with Gasteiger partial charge in [0.05, 0.1) is 9.95 Å². The van der Waals surface area contributed by atoms with Gasteiger partial charge in [-0.1, -0.05) is 11.6 Å². The molecule has 112 valence electrons. The van der Waals surface area contributed by atoms with E-state index in [1.807, 2.05) is 0 Å². The number of nitro benzene ring substituents is 1. The second kappa shape index (κ2) is 6.31. The van der Waals surface area contributed by atoms with Crippen molar-refractivity contribution in [3.63, 3.8) is 0 Å². The van der Waals surface area contributed by atoms with E-state index in [1.165, 1.54) is 37.3 Å². The Morgan fingerprint density at radius 2 is 1.82 bits per heavy atom. The molecule has 1 N–H and O–H groups in total. The van der Waals surface area contributed by atoms with E-state index >= 15 is 0 Å². The summed E-state index contributed by atoms with van der Waals surface area (Å²) in [5.74, 6) is -0.383. The third kappa shape index (κ3) is 3.44. The van der Waals surface area contributed by atoms with Gasteiger partial charge in [-0.15, -0.1) is 10.2 Å². The molecule has 0 aliphatic rings.